The van der Waals surface area contributed by atoms with Gasteiger partial charge in [0.25, 0.3) is 0 Å². The van der Waals surface area contributed by atoms with Crippen molar-refractivity contribution in [2.75, 3.05) is 24.7 Å². The molecule has 0 saturated heterocycles. The summed E-state index contributed by atoms with van der Waals surface area (Å²) >= 11 is 11.0. The third-order valence-electron chi connectivity index (χ3n) is 2.74. The molecule has 0 aliphatic carbocycles. The number of hydrogen-bond acceptors (Lipinski definition) is 8. The SMILES string of the molecule is CCC1=C(CC)SC(=C2SC(SCCO)=C(SCCO)S2)S1. The highest BCUT2D eigenvalue weighted by atomic mass is 32.3. The van der Waals surface area contributed by atoms with E-state index in [1.54, 1.807) is 23.5 Å². The molecule has 2 N–H and O–H groups in total. The van der Waals surface area contributed by atoms with E-state index in [0.717, 1.165) is 24.3 Å². The van der Waals surface area contributed by atoms with Crippen molar-refractivity contribution < 1.29 is 10.2 Å². The van der Waals surface area contributed by atoms with Crippen molar-refractivity contribution in [3.63, 3.8) is 0 Å². The van der Waals surface area contributed by atoms with Gasteiger partial charge in [-0.3, -0.25) is 0 Å². The van der Waals surface area contributed by atoms with Crippen molar-refractivity contribution in [1.82, 2.24) is 0 Å². The van der Waals surface area contributed by atoms with Crippen LogP contribution in [-0.2, 0) is 0 Å². The molecule has 22 heavy (non-hydrogen) atoms. The summed E-state index contributed by atoms with van der Waals surface area (Å²) in [5.41, 5.74) is 0. The molecule has 0 saturated carbocycles. The second-order valence-electron chi connectivity index (χ2n) is 4.26. The molecule has 0 atom stereocenters. The zero-order valence-corrected chi connectivity index (χ0v) is 17.5. The Bertz CT molecular complexity index is 458. The minimum atomic E-state index is 0.203. The molecular formula is C14H20O2S6. The van der Waals surface area contributed by atoms with Crippen LogP contribution in [0.15, 0.2) is 26.8 Å². The first-order valence-electron chi connectivity index (χ1n) is 7.12. The number of allylic oxidation sites excluding steroid dienone is 2. The summed E-state index contributed by atoms with van der Waals surface area (Å²) in [5.74, 6) is 1.46. The highest BCUT2D eigenvalue weighted by Crippen LogP contribution is 2.64. The Labute approximate surface area is 158 Å². The van der Waals surface area contributed by atoms with Gasteiger partial charge in [-0.2, -0.15) is 0 Å². The fraction of sp³-hybridized carbons (Fsp3) is 0.571. The Balaban J connectivity index is 2.08. The molecular weight excluding hydrogens is 393 g/mol. The summed E-state index contributed by atoms with van der Waals surface area (Å²) < 4.78 is 5.34. The van der Waals surface area contributed by atoms with E-state index >= 15 is 0 Å². The predicted octanol–water partition coefficient (Wildman–Crippen LogP) is 5.68. The van der Waals surface area contributed by atoms with Gasteiger partial charge in [-0.25, -0.2) is 0 Å². The lowest BCUT2D eigenvalue weighted by molar-refractivity contribution is 0.322. The summed E-state index contributed by atoms with van der Waals surface area (Å²) in [6.07, 6.45) is 2.22. The average molecular weight is 413 g/mol. The largest absolute Gasteiger partial charge is 0.396 e. The standard InChI is InChI=1S/C14H20O2S6/c1-3-9-10(4-2)20-13(19-9)14-21-11(17-7-5-15)12(22-14)18-8-6-16/h15-16H,3-8H2,1-2H3. The van der Waals surface area contributed by atoms with Crippen LogP contribution < -0.4 is 0 Å². The first-order valence-corrected chi connectivity index (χ1v) is 12.4. The van der Waals surface area contributed by atoms with Crippen LogP contribution in [0.1, 0.15) is 26.7 Å². The van der Waals surface area contributed by atoms with Crippen molar-refractivity contribution in [3.05, 3.63) is 26.8 Å². The second kappa shape index (κ2) is 10.3. The summed E-state index contributed by atoms with van der Waals surface area (Å²) in [4.78, 5) is 3.02. The molecule has 2 nitrogen and oxygen atoms in total. The first kappa shape index (κ1) is 19.6. The molecule has 2 rings (SSSR count). The van der Waals surface area contributed by atoms with Crippen molar-refractivity contribution in [3.8, 4) is 0 Å². The molecule has 0 aromatic rings. The van der Waals surface area contributed by atoms with E-state index in [2.05, 4.69) is 13.8 Å². The number of aliphatic hydroxyl groups excluding tert-OH is 2. The van der Waals surface area contributed by atoms with Gasteiger partial charge >= 0.3 is 0 Å². The van der Waals surface area contributed by atoms with Gasteiger partial charge in [0.05, 0.1) is 30.2 Å². The minimum absolute atomic E-state index is 0.203. The molecule has 0 amide bonds. The number of aliphatic hydroxyl groups is 2. The smallest absolute Gasteiger partial charge is 0.0717 e. The van der Waals surface area contributed by atoms with Crippen LogP contribution in [0.5, 0.6) is 0 Å². The van der Waals surface area contributed by atoms with E-state index in [1.807, 2.05) is 47.0 Å². The topological polar surface area (TPSA) is 40.5 Å². The number of rotatable bonds is 8. The van der Waals surface area contributed by atoms with Crippen molar-refractivity contribution in [2.24, 2.45) is 0 Å². The van der Waals surface area contributed by atoms with Crippen LogP contribution in [0.3, 0.4) is 0 Å². The summed E-state index contributed by atoms with van der Waals surface area (Å²) in [6.45, 7) is 4.86. The zero-order chi connectivity index (χ0) is 15.9. The third-order valence-corrected chi connectivity index (χ3v) is 11.7. The van der Waals surface area contributed by atoms with Crippen LogP contribution in [0.25, 0.3) is 0 Å². The van der Waals surface area contributed by atoms with Gasteiger partial charge < -0.3 is 10.2 Å². The normalized spacial score (nSPS) is 19.1. The average Bonchev–Trinajstić information content (AvgIpc) is 3.14. The molecule has 124 valence electrons. The lowest BCUT2D eigenvalue weighted by atomic mass is 10.3. The van der Waals surface area contributed by atoms with Crippen LogP contribution in [0.2, 0.25) is 0 Å². The first-order chi connectivity index (χ1) is 10.7. The van der Waals surface area contributed by atoms with E-state index in [-0.39, 0.29) is 13.2 Å². The maximum atomic E-state index is 9.07. The molecule has 8 heteroatoms. The fourth-order valence-corrected chi connectivity index (χ4v) is 10.4. The van der Waals surface area contributed by atoms with Gasteiger partial charge in [0, 0.05) is 11.5 Å². The maximum absolute atomic E-state index is 9.07. The summed E-state index contributed by atoms with van der Waals surface area (Å²) in [5, 5.41) is 18.1. The van der Waals surface area contributed by atoms with Gasteiger partial charge in [-0.05, 0) is 22.7 Å². The quantitative estimate of drug-likeness (QED) is 0.527. The van der Waals surface area contributed by atoms with E-state index in [4.69, 9.17) is 10.2 Å². The molecule has 0 spiro atoms. The zero-order valence-electron chi connectivity index (χ0n) is 12.6. The van der Waals surface area contributed by atoms with E-state index in [0.29, 0.717) is 0 Å². The molecule has 2 aliphatic heterocycles. The summed E-state index contributed by atoms with van der Waals surface area (Å²) in [6, 6.07) is 0. The molecule has 0 aromatic carbocycles. The van der Waals surface area contributed by atoms with E-state index < -0.39 is 0 Å². The van der Waals surface area contributed by atoms with E-state index in [1.165, 1.54) is 26.8 Å². The molecule has 0 radical (unpaired) electrons. The lowest BCUT2D eigenvalue weighted by Gasteiger charge is -2.02. The van der Waals surface area contributed by atoms with Gasteiger partial charge in [0.1, 0.15) is 0 Å². The third kappa shape index (κ3) is 5.12. The van der Waals surface area contributed by atoms with Crippen molar-refractivity contribution in [2.45, 2.75) is 26.7 Å². The Kier molecular flexibility index (Phi) is 9.14. The molecule has 0 unspecified atom stereocenters. The van der Waals surface area contributed by atoms with Gasteiger partial charge in [-0.1, -0.05) is 60.9 Å². The molecule has 2 aliphatic rings. The molecule has 0 aromatic heterocycles. The van der Waals surface area contributed by atoms with Crippen LogP contribution >= 0.6 is 70.6 Å². The minimum Gasteiger partial charge on any atom is -0.396 e. The Hall–Kier alpha value is 1.24. The number of thioether (sulfide) groups is 6. The van der Waals surface area contributed by atoms with E-state index in [9.17, 15) is 0 Å². The van der Waals surface area contributed by atoms with Crippen molar-refractivity contribution >= 4 is 70.6 Å². The predicted molar refractivity (Wildman–Crippen MR) is 111 cm³/mol. The molecule has 0 fully saturated rings. The Morgan fingerprint density at radius 3 is 1.50 bits per heavy atom. The molecule has 2 heterocycles. The van der Waals surface area contributed by atoms with Gasteiger partial charge in [0.2, 0.25) is 0 Å². The van der Waals surface area contributed by atoms with Gasteiger partial charge in [-0.15, -0.1) is 23.5 Å². The Morgan fingerprint density at radius 2 is 1.14 bits per heavy atom. The second-order valence-corrected chi connectivity index (χ2v) is 11.8. The maximum Gasteiger partial charge on any atom is 0.0717 e. The van der Waals surface area contributed by atoms with Crippen LogP contribution in [0.4, 0.5) is 0 Å². The molecule has 0 bridgehead atoms. The Morgan fingerprint density at radius 1 is 0.727 bits per heavy atom. The fourth-order valence-electron chi connectivity index (χ4n) is 1.79. The van der Waals surface area contributed by atoms with Crippen molar-refractivity contribution in [1.29, 1.82) is 0 Å². The van der Waals surface area contributed by atoms with Crippen LogP contribution in [0, 0.1) is 0 Å². The lowest BCUT2D eigenvalue weighted by Crippen LogP contribution is -1.87. The summed E-state index contributed by atoms with van der Waals surface area (Å²) in [7, 11) is 0. The monoisotopic (exact) mass is 412 g/mol. The number of hydrogen-bond donors (Lipinski definition) is 2. The highest BCUT2D eigenvalue weighted by molar-refractivity contribution is 8.42. The van der Waals surface area contributed by atoms with Gasteiger partial charge in [0.15, 0.2) is 0 Å². The van der Waals surface area contributed by atoms with Crippen LogP contribution in [-0.4, -0.2) is 34.9 Å². The highest BCUT2D eigenvalue weighted by Gasteiger charge is 2.29.